The predicted molar refractivity (Wildman–Crippen MR) is 109 cm³/mol. The van der Waals surface area contributed by atoms with Crippen molar-refractivity contribution in [1.82, 2.24) is 9.78 Å². The van der Waals surface area contributed by atoms with Crippen LogP contribution < -0.4 is 4.90 Å². The van der Waals surface area contributed by atoms with Crippen molar-refractivity contribution < 1.29 is 14.3 Å². The molecule has 2 unspecified atom stereocenters. The summed E-state index contributed by atoms with van der Waals surface area (Å²) in [7, 11) is 3.68. The van der Waals surface area contributed by atoms with E-state index in [4.69, 9.17) is 0 Å². The monoisotopic (exact) mass is 403 g/mol. The van der Waals surface area contributed by atoms with E-state index in [1.165, 1.54) is 19.3 Å². The molecule has 0 aliphatic heterocycles. The van der Waals surface area contributed by atoms with Crippen LogP contribution in [-0.2, 0) is 7.05 Å². The first-order valence-electron chi connectivity index (χ1n) is 11.6. The molecule has 5 saturated carbocycles. The van der Waals surface area contributed by atoms with Gasteiger partial charge in [-0.1, -0.05) is 19.3 Å². The number of anilines is 1. The van der Waals surface area contributed by atoms with Gasteiger partial charge in [-0.05, 0) is 68.6 Å². The lowest BCUT2D eigenvalue weighted by atomic mass is 9.49. The van der Waals surface area contributed by atoms with E-state index in [0.29, 0.717) is 36.0 Å². The van der Waals surface area contributed by atoms with Gasteiger partial charge in [-0.3, -0.25) is 4.79 Å². The van der Waals surface area contributed by atoms with E-state index in [-0.39, 0.29) is 17.4 Å². The number of carbonyl (C=O) groups excluding carboxylic acids is 1. The quantitative estimate of drug-likeness (QED) is 0.753. The van der Waals surface area contributed by atoms with E-state index in [0.717, 1.165) is 44.9 Å². The normalized spacial score (nSPS) is 36.6. The summed E-state index contributed by atoms with van der Waals surface area (Å²) in [6.07, 6.45) is 10.9. The molecule has 1 aromatic rings. The summed E-state index contributed by atoms with van der Waals surface area (Å²) < 4.78 is 16.9. The van der Waals surface area contributed by atoms with Crippen LogP contribution in [0.2, 0.25) is 0 Å². The molecule has 5 aliphatic carbocycles. The highest BCUT2D eigenvalue weighted by molar-refractivity contribution is 5.95. The Kier molecular flexibility index (Phi) is 4.76. The van der Waals surface area contributed by atoms with Gasteiger partial charge in [0.1, 0.15) is 0 Å². The molecule has 6 heteroatoms. The molecule has 0 radical (unpaired) electrons. The molecule has 29 heavy (non-hydrogen) atoms. The second-order valence-electron chi connectivity index (χ2n) is 10.5. The molecule has 6 rings (SSSR count). The fraction of sp³-hybridized carbons (Fsp3) is 0.826. The van der Waals surface area contributed by atoms with E-state index in [9.17, 15) is 9.90 Å². The summed E-state index contributed by atoms with van der Waals surface area (Å²) in [5.74, 6) is 1.54. The number of aliphatic hydroxyl groups is 1. The van der Waals surface area contributed by atoms with Crippen LogP contribution in [0.3, 0.4) is 0 Å². The lowest BCUT2D eigenvalue weighted by molar-refractivity contribution is -0.151. The maximum absolute atomic E-state index is 15.3. The Morgan fingerprint density at radius 2 is 1.86 bits per heavy atom. The van der Waals surface area contributed by atoms with Crippen LogP contribution in [0.4, 0.5) is 10.2 Å². The van der Waals surface area contributed by atoms with Crippen molar-refractivity contribution in [2.24, 2.45) is 30.7 Å². The highest BCUT2D eigenvalue weighted by Crippen LogP contribution is 2.59. The lowest BCUT2D eigenvalue weighted by Crippen LogP contribution is -2.54. The fourth-order valence-corrected chi connectivity index (χ4v) is 7.42. The molecule has 5 nitrogen and oxygen atoms in total. The smallest absolute Gasteiger partial charge is 0.196 e. The highest BCUT2D eigenvalue weighted by atomic mass is 19.1. The number of nitrogens with zero attached hydrogens (tertiary/aromatic N) is 3. The van der Waals surface area contributed by atoms with Gasteiger partial charge >= 0.3 is 0 Å². The Balaban J connectivity index is 1.33. The molecule has 1 N–H and O–H groups in total. The van der Waals surface area contributed by atoms with Gasteiger partial charge in [0.2, 0.25) is 0 Å². The Bertz CT molecular complexity index is 784. The van der Waals surface area contributed by atoms with E-state index in [1.807, 2.05) is 11.9 Å². The number of aryl methyl sites for hydroxylation is 1. The maximum atomic E-state index is 15.3. The molecule has 1 heterocycles. The number of carbonyl (C=O) groups is 1. The minimum absolute atomic E-state index is 0.0117. The van der Waals surface area contributed by atoms with Gasteiger partial charge in [0, 0.05) is 26.6 Å². The molecule has 0 spiro atoms. The highest BCUT2D eigenvalue weighted by Gasteiger charge is 2.55. The van der Waals surface area contributed by atoms with Crippen molar-refractivity contribution in [2.45, 2.75) is 82.3 Å². The Morgan fingerprint density at radius 3 is 2.48 bits per heavy atom. The first-order chi connectivity index (χ1) is 13.8. The third-order valence-electron chi connectivity index (χ3n) is 8.54. The summed E-state index contributed by atoms with van der Waals surface area (Å²) in [4.78, 5) is 15.1. The fourth-order valence-electron chi connectivity index (χ4n) is 7.42. The predicted octanol–water partition coefficient (Wildman–Crippen LogP) is 4.09. The van der Waals surface area contributed by atoms with Gasteiger partial charge in [0.25, 0.3) is 0 Å². The third kappa shape index (κ3) is 3.31. The summed E-state index contributed by atoms with van der Waals surface area (Å²) >= 11 is 0. The second-order valence-corrected chi connectivity index (χ2v) is 10.5. The molecule has 4 bridgehead atoms. The van der Waals surface area contributed by atoms with Gasteiger partial charge in [-0.15, -0.1) is 0 Å². The molecular weight excluding hydrogens is 369 g/mol. The summed E-state index contributed by atoms with van der Waals surface area (Å²) in [5, 5.41) is 15.1. The van der Waals surface area contributed by atoms with Crippen LogP contribution >= 0.6 is 0 Å². The van der Waals surface area contributed by atoms with Crippen LogP contribution in [-0.4, -0.2) is 39.4 Å². The van der Waals surface area contributed by atoms with Crippen LogP contribution in [0.25, 0.3) is 0 Å². The summed E-state index contributed by atoms with van der Waals surface area (Å²) in [6, 6.07) is 0.321. The number of aromatic nitrogens is 2. The number of Topliss-reactive ketones (excluding diaryl/α,β-unsaturated/α-hetero) is 1. The van der Waals surface area contributed by atoms with Crippen molar-refractivity contribution in [1.29, 1.82) is 0 Å². The minimum Gasteiger partial charge on any atom is -0.390 e. The standard InChI is InChI=1S/C23H34FN3O2/c1-26(17-6-4-3-5-7-17)22-20(24)21(25-27(22)2)19(28)10-18-15-8-14-9-16(18)13-23(29,11-14)12-15/h14-18,29H,3-13H2,1-2H3. The molecule has 5 fully saturated rings. The third-order valence-corrected chi connectivity index (χ3v) is 8.54. The van der Waals surface area contributed by atoms with Gasteiger partial charge < -0.3 is 10.0 Å². The van der Waals surface area contributed by atoms with Crippen LogP contribution in [0, 0.1) is 29.5 Å². The second kappa shape index (κ2) is 7.07. The average Bonchev–Trinajstić information content (AvgIpc) is 2.97. The average molecular weight is 404 g/mol. The molecular formula is C23H34FN3O2. The van der Waals surface area contributed by atoms with Crippen LogP contribution in [0.1, 0.15) is 81.1 Å². The van der Waals surface area contributed by atoms with Crippen LogP contribution in [0.15, 0.2) is 0 Å². The molecule has 1 aromatic heterocycles. The number of halogens is 1. The van der Waals surface area contributed by atoms with Gasteiger partial charge in [-0.2, -0.15) is 5.10 Å². The zero-order valence-corrected chi connectivity index (χ0v) is 17.7. The Morgan fingerprint density at radius 1 is 1.21 bits per heavy atom. The molecule has 5 aliphatic rings. The lowest BCUT2D eigenvalue weighted by Gasteiger charge is -2.58. The number of ketones is 1. The van der Waals surface area contributed by atoms with Crippen molar-refractivity contribution in [3.8, 4) is 0 Å². The van der Waals surface area contributed by atoms with E-state index in [2.05, 4.69) is 5.10 Å². The summed E-state index contributed by atoms with van der Waals surface area (Å²) in [5.41, 5.74) is -0.486. The number of hydrogen-bond donors (Lipinski definition) is 1. The van der Waals surface area contributed by atoms with Gasteiger partial charge in [0.15, 0.2) is 23.1 Å². The Labute approximate surface area is 172 Å². The Hall–Kier alpha value is -1.43. The zero-order valence-electron chi connectivity index (χ0n) is 17.7. The number of hydrogen-bond acceptors (Lipinski definition) is 4. The molecule has 0 saturated heterocycles. The molecule has 2 atom stereocenters. The SMILES string of the molecule is CN(c1c(F)c(C(=O)CC2C3CC4CC2CC(O)(C4)C3)nn1C)C1CCCCC1. The first kappa shape index (κ1) is 19.5. The van der Waals surface area contributed by atoms with E-state index < -0.39 is 11.4 Å². The molecule has 160 valence electrons. The molecule has 0 aromatic carbocycles. The van der Waals surface area contributed by atoms with Crippen molar-refractivity contribution in [2.75, 3.05) is 11.9 Å². The van der Waals surface area contributed by atoms with E-state index in [1.54, 1.807) is 11.7 Å². The van der Waals surface area contributed by atoms with Crippen LogP contribution in [0.5, 0.6) is 0 Å². The van der Waals surface area contributed by atoms with Crippen molar-refractivity contribution in [3.63, 3.8) is 0 Å². The van der Waals surface area contributed by atoms with E-state index >= 15 is 4.39 Å². The minimum atomic E-state index is -0.498. The first-order valence-corrected chi connectivity index (χ1v) is 11.6. The number of rotatable bonds is 5. The maximum Gasteiger partial charge on any atom is 0.196 e. The summed E-state index contributed by atoms with van der Waals surface area (Å²) in [6.45, 7) is 0. The largest absolute Gasteiger partial charge is 0.390 e. The van der Waals surface area contributed by atoms with Crippen molar-refractivity contribution in [3.05, 3.63) is 11.5 Å². The topological polar surface area (TPSA) is 58.4 Å². The zero-order chi connectivity index (χ0) is 20.3. The molecule has 0 amide bonds. The van der Waals surface area contributed by atoms with Gasteiger partial charge in [0.05, 0.1) is 5.60 Å². The van der Waals surface area contributed by atoms with Gasteiger partial charge in [-0.25, -0.2) is 9.07 Å². The van der Waals surface area contributed by atoms with Crippen molar-refractivity contribution >= 4 is 11.6 Å².